The van der Waals surface area contributed by atoms with Crippen LogP contribution in [-0.4, -0.2) is 9.55 Å². The summed E-state index contributed by atoms with van der Waals surface area (Å²) in [5.74, 6) is 2.46. The molecular formula is C10H15N3. The monoisotopic (exact) mass is 177 g/mol. The van der Waals surface area contributed by atoms with Gasteiger partial charge in [0.15, 0.2) is 0 Å². The number of aryl methyl sites for hydroxylation is 1. The smallest absolute Gasteiger partial charge is 0.127 e. The Kier molecular flexibility index (Phi) is 1.87. The molecule has 0 radical (unpaired) electrons. The van der Waals surface area contributed by atoms with E-state index in [1.165, 1.54) is 12.8 Å². The van der Waals surface area contributed by atoms with Gasteiger partial charge in [-0.1, -0.05) is 6.08 Å². The molecule has 0 aliphatic heterocycles. The van der Waals surface area contributed by atoms with Gasteiger partial charge in [0.05, 0.1) is 5.69 Å². The summed E-state index contributed by atoms with van der Waals surface area (Å²) in [6.45, 7) is 6.46. The molecule has 1 heterocycles. The van der Waals surface area contributed by atoms with Crippen LogP contribution in [-0.2, 0) is 6.54 Å². The van der Waals surface area contributed by atoms with Crippen LogP contribution in [0.5, 0.6) is 0 Å². The summed E-state index contributed by atoms with van der Waals surface area (Å²) in [7, 11) is 0. The molecule has 1 aromatic heterocycles. The molecular weight excluding hydrogens is 162 g/mol. The zero-order valence-electron chi connectivity index (χ0n) is 7.95. The number of hydrogen-bond acceptors (Lipinski definition) is 2. The second-order valence-electron chi connectivity index (χ2n) is 3.60. The predicted octanol–water partition coefficient (Wildman–Crippen LogP) is 1.84. The molecule has 0 spiro atoms. The Hall–Kier alpha value is -1.25. The number of aromatic nitrogens is 2. The average molecular weight is 177 g/mol. The third kappa shape index (κ3) is 1.34. The highest BCUT2D eigenvalue weighted by Gasteiger charge is 2.29. The molecule has 13 heavy (non-hydrogen) atoms. The Labute approximate surface area is 78.3 Å². The lowest BCUT2D eigenvalue weighted by Crippen LogP contribution is -2.03. The van der Waals surface area contributed by atoms with Gasteiger partial charge < -0.3 is 10.3 Å². The lowest BCUT2D eigenvalue weighted by Gasteiger charge is -2.02. The predicted molar refractivity (Wildman–Crippen MR) is 53.5 cm³/mol. The molecule has 3 nitrogen and oxygen atoms in total. The lowest BCUT2D eigenvalue weighted by molar-refractivity contribution is 0.792. The van der Waals surface area contributed by atoms with Crippen molar-refractivity contribution in [1.82, 2.24) is 9.55 Å². The van der Waals surface area contributed by atoms with Gasteiger partial charge in [-0.2, -0.15) is 0 Å². The highest BCUT2D eigenvalue weighted by Crippen LogP contribution is 2.42. The molecule has 0 saturated heterocycles. The van der Waals surface area contributed by atoms with Crippen molar-refractivity contribution in [2.24, 2.45) is 0 Å². The van der Waals surface area contributed by atoms with Crippen molar-refractivity contribution in [1.29, 1.82) is 0 Å². The molecule has 1 saturated carbocycles. The zero-order valence-corrected chi connectivity index (χ0v) is 7.95. The molecule has 0 atom stereocenters. The summed E-state index contributed by atoms with van der Waals surface area (Å²) in [6.07, 6.45) is 4.34. The van der Waals surface area contributed by atoms with Gasteiger partial charge in [0, 0.05) is 12.5 Å². The summed E-state index contributed by atoms with van der Waals surface area (Å²) in [4.78, 5) is 4.48. The number of imidazole rings is 1. The fourth-order valence-electron chi connectivity index (χ4n) is 1.62. The van der Waals surface area contributed by atoms with Crippen LogP contribution in [0.1, 0.15) is 30.3 Å². The standard InChI is InChI=1S/C10H15N3/c1-3-6-13-7(2)12-9(10(13)11)8-4-5-8/h3,8H,1,4-6,11H2,2H3. The molecule has 1 aliphatic carbocycles. The van der Waals surface area contributed by atoms with Crippen molar-refractivity contribution in [3.63, 3.8) is 0 Å². The summed E-state index contributed by atoms with van der Waals surface area (Å²) in [6, 6.07) is 0. The van der Waals surface area contributed by atoms with Crippen molar-refractivity contribution < 1.29 is 0 Å². The highest BCUT2D eigenvalue weighted by molar-refractivity contribution is 5.42. The first-order chi connectivity index (χ1) is 6.24. The number of nitrogen functional groups attached to an aromatic ring is 1. The van der Waals surface area contributed by atoms with Gasteiger partial charge in [-0.15, -0.1) is 6.58 Å². The molecule has 0 unspecified atom stereocenters. The van der Waals surface area contributed by atoms with E-state index in [1.807, 2.05) is 17.6 Å². The Balaban J connectivity index is 2.37. The molecule has 70 valence electrons. The van der Waals surface area contributed by atoms with Crippen LogP contribution in [0.2, 0.25) is 0 Å². The van der Waals surface area contributed by atoms with E-state index in [9.17, 15) is 0 Å². The zero-order chi connectivity index (χ0) is 9.42. The number of hydrogen-bond donors (Lipinski definition) is 1. The Morgan fingerprint density at radius 3 is 2.92 bits per heavy atom. The van der Waals surface area contributed by atoms with Crippen LogP contribution < -0.4 is 5.73 Å². The van der Waals surface area contributed by atoms with Gasteiger partial charge in [0.25, 0.3) is 0 Å². The molecule has 2 rings (SSSR count). The van der Waals surface area contributed by atoms with E-state index in [0.29, 0.717) is 5.92 Å². The van der Waals surface area contributed by atoms with E-state index in [4.69, 9.17) is 5.73 Å². The highest BCUT2D eigenvalue weighted by atomic mass is 15.1. The summed E-state index contributed by atoms with van der Waals surface area (Å²) >= 11 is 0. The third-order valence-electron chi connectivity index (χ3n) is 2.50. The largest absolute Gasteiger partial charge is 0.384 e. The van der Waals surface area contributed by atoms with Crippen LogP contribution >= 0.6 is 0 Å². The van der Waals surface area contributed by atoms with Crippen molar-refractivity contribution in [2.45, 2.75) is 32.2 Å². The van der Waals surface area contributed by atoms with Crippen LogP contribution in [0, 0.1) is 6.92 Å². The Morgan fingerprint density at radius 2 is 2.38 bits per heavy atom. The second kappa shape index (κ2) is 2.91. The van der Waals surface area contributed by atoms with E-state index < -0.39 is 0 Å². The summed E-state index contributed by atoms with van der Waals surface area (Å²) in [5.41, 5.74) is 7.08. The van der Waals surface area contributed by atoms with Crippen LogP contribution in [0.15, 0.2) is 12.7 Å². The Bertz CT molecular complexity index is 334. The maximum atomic E-state index is 5.98. The lowest BCUT2D eigenvalue weighted by atomic mass is 10.3. The minimum absolute atomic E-state index is 0.629. The maximum absolute atomic E-state index is 5.98. The molecule has 1 aromatic rings. The molecule has 1 fully saturated rings. The molecule has 0 amide bonds. The topological polar surface area (TPSA) is 43.8 Å². The van der Waals surface area contributed by atoms with Gasteiger partial charge in [-0.25, -0.2) is 4.98 Å². The van der Waals surface area contributed by atoms with Gasteiger partial charge in [-0.3, -0.25) is 0 Å². The van der Waals surface area contributed by atoms with Crippen molar-refractivity contribution in [3.8, 4) is 0 Å². The van der Waals surface area contributed by atoms with Crippen molar-refractivity contribution >= 4 is 5.82 Å². The van der Waals surface area contributed by atoms with Crippen LogP contribution in [0.3, 0.4) is 0 Å². The minimum atomic E-state index is 0.629. The van der Waals surface area contributed by atoms with E-state index in [2.05, 4.69) is 11.6 Å². The molecule has 2 N–H and O–H groups in total. The maximum Gasteiger partial charge on any atom is 0.127 e. The first-order valence-electron chi connectivity index (χ1n) is 4.67. The normalized spacial score (nSPS) is 16.1. The van der Waals surface area contributed by atoms with Gasteiger partial charge >= 0.3 is 0 Å². The van der Waals surface area contributed by atoms with Gasteiger partial charge in [0.2, 0.25) is 0 Å². The minimum Gasteiger partial charge on any atom is -0.384 e. The third-order valence-corrected chi connectivity index (χ3v) is 2.50. The second-order valence-corrected chi connectivity index (χ2v) is 3.60. The first kappa shape index (κ1) is 8.35. The van der Waals surface area contributed by atoms with Gasteiger partial charge in [-0.05, 0) is 19.8 Å². The summed E-state index contributed by atoms with van der Waals surface area (Å²) < 4.78 is 2.01. The number of nitrogens with two attached hydrogens (primary N) is 1. The van der Waals surface area contributed by atoms with Gasteiger partial charge in [0.1, 0.15) is 11.6 Å². The average Bonchev–Trinajstić information content (AvgIpc) is 2.88. The fourth-order valence-corrected chi connectivity index (χ4v) is 1.62. The number of rotatable bonds is 3. The number of allylic oxidation sites excluding steroid dienone is 1. The van der Waals surface area contributed by atoms with Crippen LogP contribution in [0.25, 0.3) is 0 Å². The first-order valence-corrected chi connectivity index (χ1v) is 4.67. The number of anilines is 1. The van der Waals surface area contributed by atoms with E-state index in [1.54, 1.807) is 0 Å². The number of nitrogens with zero attached hydrogens (tertiary/aromatic N) is 2. The molecule has 3 heteroatoms. The van der Waals surface area contributed by atoms with Crippen molar-refractivity contribution in [2.75, 3.05) is 5.73 Å². The van der Waals surface area contributed by atoms with Crippen molar-refractivity contribution in [3.05, 3.63) is 24.2 Å². The Morgan fingerprint density at radius 1 is 1.69 bits per heavy atom. The van der Waals surface area contributed by atoms with E-state index >= 15 is 0 Å². The SMILES string of the molecule is C=CCn1c(C)nc(C2CC2)c1N. The van der Waals surface area contributed by atoms with E-state index in [0.717, 1.165) is 23.9 Å². The molecule has 0 bridgehead atoms. The molecule has 1 aliphatic rings. The van der Waals surface area contributed by atoms with E-state index in [-0.39, 0.29) is 0 Å². The summed E-state index contributed by atoms with van der Waals surface area (Å²) in [5, 5.41) is 0. The fraction of sp³-hybridized carbons (Fsp3) is 0.500. The quantitative estimate of drug-likeness (QED) is 0.716. The molecule has 0 aromatic carbocycles. The van der Waals surface area contributed by atoms with Crippen LogP contribution in [0.4, 0.5) is 5.82 Å².